The van der Waals surface area contributed by atoms with Crippen LogP contribution in [0.4, 0.5) is 0 Å². The monoisotopic (exact) mass is 262 g/mol. The van der Waals surface area contributed by atoms with Crippen molar-refractivity contribution in [2.45, 2.75) is 19.9 Å². The fourth-order valence-corrected chi connectivity index (χ4v) is 7.04. The Labute approximate surface area is 113 Å². The average molecular weight is 262 g/mol. The molecule has 0 aliphatic carbocycles. The predicted molar refractivity (Wildman–Crippen MR) is 84.4 cm³/mol. The molecule has 0 saturated heterocycles. The fourth-order valence-electron chi connectivity index (χ4n) is 2.79. The van der Waals surface area contributed by atoms with Gasteiger partial charge >= 0.3 is 0 Å². The van der Waals surface area contributed by atoms with E-state index in [0.29, 0.717) is 0 Å². The van der Waals surface area contributed by atoms with E-state index in [1.165, 1.54) is 16.8 Å². The van der Waals surface area contributed by atoms with Crippen molar-refractivity contribution < 1.29 is 0 Å². The predicted octanol–water partition coefficient (Wildman–Crippen LogP) is 2.51. The molecule has 0 atom stereocenters. The molecule has 100 valence electrons. The summed E-state index contributed by atoms with van der Waals surface area (Å²) in [4.78, 5) is 0. The SMILES string of the molecule is C=C(C)c1cccc([Si](CC)(N(C)C)N(C)C)c1. The number of rotatable bonds is 5. The zero-order chi connectivity index (χ0) is 13.9. The number of hydrogen-bond acceptors (Lipinski definition) is 2. The summed E-state index contributed by atoms with van der Waals surface area (Å²) >= 11 is 0. The van der Waals surface area contributed by atoms with E-state index in [1.807, 2.05) is 0 Å². The number of benzene rings is 1. The topological polar surface area (TPSA) is 6.48 Å². The van der Waals surface area contributed by atoms with E-state index in [4.69, 9.17) is 0 Å². The van der Waals surface area contributed by atoms with E-state index in [9.17, 15) is 0 Å². The van der Waals surface area contributed by atoms with Crippen LogP contribution < -0.4 is 5.19 Å². The Morgan fingerprint density at radius 3 is 2.11 bits per heavy atom. The molecule has 0 aromatic heterocycles. The Balaban J connectivity index is 3.38. The highest BCUT2D eigenvalue weighted by molar-refractivity contribution is 6.87. The van der Waals surface area contributed by atoms with E-state index in [-0.39, 0.29) is 0 Å². The summed E-state index contributed by atoms with van der Waals surface area (Å²) in [6.07, 6.45) is 0. The summed E-state index contributed by atoms with van der Waals surface area (Å²) < 4.78 is 4.84. The molecule has 0 heterocycles. The third-order valence-corrected chi connectivity index (χ3v) is 8.97. The van der Waals surface area contributed by atoms with Gasteiger partial charge in [-0.3, -0.25) is 0 Å². The largest absolute Gasteiger partial charge is 0.314 e. The number of hydrogen-bond donors (Lipinski definition) is 0. The zero-order valence-electron chi connectivity index (χ0n) is 12.6. The number of allylic oxidation sites excluding steroid dienone is 1. The highest BCUT2D eigenvalue weighted by atomic mass is 28.3. The first kappa shape index (κ1) is 15.2. The van der Waals surface area contributed by atoms with Crippen LogP contribution in [0.15, 0.2) is 30.8 Å². The summed E-state index contributed by atoms with van der Waals surface area (Å²) in [5.41, 5.74) is 2.38. The standard InChI is InChI=1S/C15H26N2Si/c1-8-18(16(4)5,17(6)7)15-11-9-10-14(12-15)13(2)3/h9-12H,2,8H2,1,3-7H3. The first-order valence-electron chi connectivity index (χ1n) is 6.47. The molecule has 1 rings (SSSR count). The first-order valence-corrected chi connectivity index (χ1v) is 8.57. The molecule has 0 aliphatic heterocycles. The maximum atomic E-state index is 4.05. The average Bonchev–Trinajstić information content (AvgIpc) is 2.30. The van der Waals surface area contributed by atoms with Gasteiger partial charge in [0.2, 0.25) is 8.40 Å². The molecule has 3 heteroatoms. The normalized spacial score (nSPS) is 12.2. The first-order chi connectivity index (χ1) is 8.36. The lowest BCUT2D eigenvalue weighted by Crippen LogP contribution is -2.68. The minimum Gasteiger partial charge on any atom is -0.314 e. The van der Waals surface area contributed by atoms with E-state index in [1.54, 1.807) is 0 Å². The van der Waals surface area contributed by atoms with Crippen LogP contribution in [-0.4, -0.2) is 45.7 Å². The van der Waals surface area contributed by atoms with Crippen molar-refractivity contribution in [3.63, 3.8) is 0 Å². The lowest BCUT2D eigenvalue weighted by molar-refractivity contribution is 0.494. The Hall–Kier alpha value is -0.903. The van der Waals surface area contributed by atoms with Crippen molar-refractivity contribution in [2.24, 2.45) is 0 Å². The molecule has 0 aliphatic rings. The van der Waals surface area contributed by atoms with E-state index in [0.717, 1.165) is 5.57 Å². The summed E-state index contributed by atoms with van der Waals surface area (Å²) in [5, 5.41) is 1.46. The summed E-state index contributed by atoms with van der Waals surface area (Å²) in [7, 11) is 7.04. The molecule has 0 N–H and O–H groups in total. The zero-order valence-corrected chi connectivity index (χ0v) is 13.6. The van der Waals surface area contributed by atoms with Crippen LogP contribution in [0.2, 0.25) is 6.04 Å². The van der Waals surface area contributed by atoms with Gasteiger partial charge in [0, 0.05) is 0 Å². The maximum absolute atomic E-state index is 4.05. The van der Waals surface area contributed by atoms with Crippen molar-refractivity contribution in [3.8, 4) is 0 Å². The molecule has 0 amide bonds. The van der Waals surface area contributed by atoms with Crippen molar-refractivity contribution in [2.75, 3.05) is 28.2 Å². The van der Waals surface area contributed by atoms with Crippen LogP contribution in [0, 0.1) is 0 Å². The molecule has 0 unspecified atom stereocenters. The third-order valence-electron chi connectivity index (χ3n) is 3.79. The Morgan fingerprint density at radius 1 is 1.17 bits per heavy atom. The van der Waals surface area contributed by atoms with Crippen LogP contribution >= 0.6 is 0 Å². The molecule has 0 bridgehead atoms. The molecular weight excluding hydrogens is 236 g/mol. The summed E-state index contributed by atoms with van der Waals surface area (Å²) in [5.74, 6) is 0. The van der Waals surface area contributed by atoms with E-state index in [2.05, 4.69) is 82.0 Å². The van der Waals surface area contributed by atoms with Gasteiger partial charge in [-0.1, -0.05) is 43.3 Å². The molecule has 18 heavy (non-hydrogen) atoms. The molecular formula is C15H26N2Si. The molecule has 0 spiro atoms. The minimum atomic E-state index is -1.75. The molecule has 0 fully saturated rings. The fraction of sp³-hybridized carbons (Fsp3) is 0.467. The van der Waals surface area contributed by atoms with Gasteiger partial charge in [-0.15, -0.1) is 0 Å². The lowest BCUT2D eigenvalue weighted by atomic mass is 10.1. The van der Waals surface area contributed by atoms with Gasteiger partial charge in [0.05, 0.1) is 0 Å². The molecule has 0 radical (unpaired) electrons. The highest BCUT2D eigenvalue weighted by Gasteiger charge is 2.39. The molecule has 1 aromatic rings. The van der Waals surface area contributed by atoms with Gasteiger partial charge in [-0.2, -0.15) is 0 Å². The molecule has 0 saturated carbocycles. The smallest absolute Gasteiger partial charge is 0.238 e. The van der Waals surface area contributed by atoms with Crippen LogP contribution in [0.3, 0.4) is 0 Å². The third kappa shape index (κ3) is 2.58. The van der Waals surface area contributed by atoms with Crippen molar-refractivity contribution in [3.05, 3.63) is 36.4 Å². The summed E-state index contributed by atoms with van der Waals surface area (Å²) in [6, 6.07) is 10.1. The van der Waals surface area contributed by atoms with Gasteiger partial charge in [0.15, 0.2) is 0 Å². The van der Waals surface area contributed by atoms with Crippen molar-refractivity contribution in [1.29, 1.82) is 0 Å². The lowest BCUT2D eigenvalue weighted by Gasteiger charge is -2.42. The second-order valence-corrected chi connectivity index (χ2v) is 10.0. The van der Waals surface area contributed by atoms with E-state index >= 15 is 0 Å². The van der Waals surface area contributed by atoms with Gasteiger partial charge < -0.3 is 9.13 Å². The Morgan fingerprint density at radius 2 is 1.72 bits per heavy atom. The van der Waals surface area contributed by atoms with Crippen molar-refractivity contribution in [1.82, 2.24) is 9.13 Å². The quantitative estimate of drug-likeness (QED) is 0.752. The summed E-state index contributed by atoms with van der Waals surface area (Å²) in [6.45, 7) is 8.41. The Kier molecular flexibility index (Phi) is 4.90. The van der Waals surface area contributed by atoms with Gasteiger partial charge in [0.25, 0.3) is 0 Å². The van der Waals surface area contributed by atoms with Crippen LogP contribution in [0.1, 0.15) is 19.4 Å². The molecule has 2 nitrogen and oxygen atoms in total. The van der Waals surface area contributed by atoms with Gasteiger partial charge in [-0.05, 0) is 51.9 Å². The Bertz CT molecular complexity index is 416. The maximum Gasteiger partial charge on any atom is 0.238 e. The second kappa shape index (κ2) is 5.82. The highest BCUT2D eigenvalue weighted by Crippen LogP contribution is 2.18. The minimum absolute atomic E-state index is 1.13. The number of nitrogens with zero attached hydrogens (tertiary/aromatic N) is 2. The second-order valence-electron chi connectivity index (χ2n) is 5.32. The van der Waals surface area contributed by atoms with Crippen LogP contribution in [0.5, 0.6) is 0 Å². The van der Waals surface area contributed by atoms with Crippen LogP contribution in [0.25, 0.3) is 5.57 Å². The van der Waals surface area contributed by atoms with Crippen molar-refractivity contribution >= 4 is 19.2 Å². The van der Waals surface area contributed by atoms with Gasteiger partial charge in [0.1, 0.15) is 0 Å². The van der Waals surface area contributed by atoms with Gasteiger partial charge in [-0.25, -0.2) is 0 Å². The van der Waals surface area contributed by atoms with Crippen LogP contribution in [-0.2, 0) is 0 Å². The molecule has 1 aromatic carbocycles. The van der Waals surface area contributed by atoms with E-state index < -0.39 is 8.40 Å².